The number of esters is 2. The van der Waals surface area contributed by atoms with Crippen molar-refractivity contribution in [1.29, 1.82) is 0 Å². The van der Waals surface area contributed by atoms with Crippen LogP contribution < -0.4 is 0 Å². The molecule has 1 unspecified atom stereocenters. The second kappa shape index (κ2) is 17.8. The van der Waals surface area contributed by atoms with E-state index >= 15 is 0 Å². The molecule has 0 radical (unpaired) electrons. The van der Waals surface area contributed by atoms with Gasteiger partial charge in [0.25, 0.3) is 0 Å². The molecule has 4 heteroatoms. The Kier molecular flexibility index (Phi) is 15.9. The molecule has 0 bridgehead atoms. The second-order valence-electron chi connectivity index (χ2n) is 8.85. The molecule has 0 aromatic heterocycles. The molecule has 1 fully saturated rings. The molecule has 1 rings (SSSR count). The van der Waals surface area contributed by atoms with E-state index in [1.807, 2.05) is 6.92 Å². The van der Waals surface area contributed by atoms with Crippen LogP contribution in [0.2, 0.25) is 0 Å². The number of carbonyl (C=O) groups is 2. The summed E-state index contributed by atoms with van der Waals surface area (Å²) in [7, 11) is 0. The summed E-state index contributed by atoms with van der Waals surface area (Å²) in [5, 5.41) is 0. The van der Waals surface area contributed by atoms with Gasteiger partial charge in [0.1, 0.15) is 6.10 Å². The summed E-state index contributed by atoms with van der Waals surface area (Å²) in [5.41, 5.74) is 0. The van der Waals surface area contributed by atoms with E-state index in [0.717, 1.165) is 25.7 Å². The van der Waals surface area contributed by atoms with Crippen molar-refractivity contribution < 1.29 is 19.1 Å². The Morgan fingerprint density at radius 3 is 1.79 bits per heavy atom. The van der Waals surface area contributed by atoms with E-state index < -0.39 is 0 Å². The van der Waals surface area contributed by atoms with Crippen molar-refractivity contribution in [3.05, 3.63) is 0 Å². The normalized spacial score (nSPS) is 15.4. The Morgan fingerprint density at radius 2 is 1.24 bits per heavy atom. The minimum atomic E-state index is -0.279. The lowest BCUT2D eigenvalue weighted by Gasteiger charge is -2.19. The van der Waals surface area contributed by atoms with Crippen LogP contribution in [0.1, 0.15) is 129 Å². The van der Waals surface area contributed by atoms with Crippen LogP contribution in [-0.2, 0) is 19.1 Å². The molecule has 1 atom stereocenters. The van der Waals surface area contributed by atoms with Gasteiger partial charge in [-0.05, 0) is 32.1 Å². The first kappa shape index (κ1) is 26.0. The fraction of sp³-hybridized carbons (Fsp3) is 0.920. The fourth-order valence-electron chi connectivity index (χ4n) is 4.19. The zero-order valence-corrected chi connectivity index (χ0v) is 19.2. The van der Waals surface area contributed by atoms with Gasteiger partial charge in [0, 0.05) is 0 Å². The molecule has 0 amide bonds. The van der Waals surface area contributed by atoms with E-state index in [0.29, 0.717) is 12.5 Å². The van der Waals surface area contributed by atoms with Gasteiger partial charge in [0.05, 0.1) is 19.4 Å². The highest BCUT2D eigenvalue weighted by Gasteiger charge is 2.24. The quantitative estimate of drug-likeness (QED) is 0.178. The first-order valence-corrected chi connectivity index (χ1v) is 12.5. The van der Waals surface area contributed by atoms with Crippen LogP contribution in [0.15, 0.2) is 0 Å². The summed E-state index contributed by atoms with van der Waals surface area (Å²) in [6, 6.07) is 0. The SMILES string of the molecule is CCCCCCCCCCCCCCOC(=O)CCC(=O)OC(C)C1CCCC1. The first-order valence-electron chi connectivity index (χ1n) is 12.5. The number of ether oxygens (including phenoxy) is 2. The number of hydrogen-bond acceptors (Lipinski definition) is 4. The molecule has 170 valence electrons. The molecular weight excluding hydrogens is 364 g/mol. The lowest BCUT2D eigenvalue weighted by atomic mass is 10.0. The van der Waals surface area contributed by atoms with E-state index in [1.165, 1.54) is 77.0 Å². The lowest BCUT2D eigenvalue weighted by Crippen LogP contribution is -2.22. The minimum absolute atomic E-state index is 0.0259. The number of unbranched alkanes of at least 4 members (excludes halogenated alkanes) is 11. The van der Waals surface area contributed by atoms with Gasteiger partial charge >= 0.3 is 11.9 Å². The minimum Gasteiger partial charge on any atom is -0.466 e. The van der Waals surface area contributed by atoms with Crippen LogP contribution in [0.5, 0.6) is 0 Å². The second-order valence-corrected chi connectivity index (χ2v) is 8.85. The molecular formula is C25H46O4. The maximum atomic E-state index is 11.9. The van der Waals surface area contributed by atoms with Gasteiger partial charge in [-0.15, -0.1) is 0 Å². The number of carbonyl (C=O) groups excluding carboxylic acids is 2. The van der Waals surface area contributed by atoms with Crippen molar-refractivity contribution in [3.63, 3.8) is 0 Å². The fourth-order valence-corrected chi connectivity index (χ4v) is 4.19. The summed E-state index contributed by atoms with van der Waals surface area (Å²) in [5.74, 6) is -0.0537. The molecule has 0 aromatic rings. The molecule has 0 heterocycles. The van der Waals surface area contributed by atoms with Crippen molar-refractivity contribution >= 4 is 11.9 Å². The third-order valence-electron chi connectivity index (χ3n) is 6.18. The van der Waals surface area contributed by atoms with Crippen LogP contribution in [0.4, 0.5) is 0 Å². The molecule has 0 aliphatic heterocycles. The average molecular weight is 411 g/mol. The van der Waals surface area contributed by atoms with Crippen LogP contribution >= 0.6 is 0 Å². The zero-order chi connectivity index (χ0) is 21.2. The smallest absolute Gasteiger partial charge is 0.306 e. The molecule has 0 saturated heterocycles. The molecule has 1 aliphatic carbocycles. The Labute approximate surface area is 179 Å². The zero-order valence-electron chi connectivity index (χ0n) is 19.2. The first-order chi connectivity index (χ1) is 14.1. The third-order valence-corrected chi connectivity index (χ3v) is 6.18. The van der Waals surface area contributed by atoms with Crippen molar-refractivity contribution in [1.82, 2.24) is 0 Å². The van der Waals surface area contributed by atoms with E-state index in [9.17, 15) is 9.59 Å². The highest BCUT2D eigenvalue weighted by atomic mass is 16.5. The van der Waals surface area contributed by atoms with Crippen LogP contribution in [-0.4, -0.2) is 24.6 Å². The van der Waals surface area contributed by atoms with Gasteiger partial charge in [-0.2, -0.15) is 0 Å². The molecule has 0 aromatic carbocycles. The topological polar surface area (TPSA) is 52.6 Å². The predicted octanol–water partition coefficient (Wildman–Crippen LogP) is 7.13. The maximum absolute atomic E-state index is 11.9. The number of rotatable bonds is 18. The Bertz CT molecular complexity index is 415. The third kappa shape index (κ3) is 14.5. The van der Waals surface area contributed by atoms with Crippen molar-refractivity contribution in [2.45, 2.75) is 136 Å². The molecule has 4 nitrogen and oxygen atoms in total. The van der Waals surface area contributed by atoms with E-state index in [4.69, 9.17) is 9.47 Å². The van der Waals surface area contributed by atoms with Gasteiger partial charge < -0.3 is 9.47 Å². The van der Waals surface area contributed by atoms with Crippen molar-refractivity contribution in [2.75, 3.05) is 6.61 Å². The highest BCUT2D eigenvalue weighted by Crippen LogP contribution is 2.29. The van der Waals surface area contributed by atoms with E-state index in [2.05, 4.69) is 6.92 Å². The largest absolute Gasteiger partial charge is 0.466 e. The monoisotopic (exact) mass is 410 g/mol. The van der Waals surface area contributed by atoms with Gasteiger partial charge in [0.2, 0.25) is 0 Å². The van der Waals surface area contributed by atoms with Gasteiger partial charge in [-0.1, -0.05) is 90.4 Å². The van der Waals surface area contributed by atoms with Crippen molar-refractivity contribution in [2.24, 2.45) is 5.92 Å². The van der Waals surface area contributed by atoms with Gasteiger partial charge in [0.15, 0.2) is 0 Å². The lowest BCUT2D eigenvalue weighted by molar-refractivity contribution is -0.154. The Balaban J connectivity index is 1.84. The Morgan fingerprint density at radius 1 is 0.759 bits per heavy atom. The molecule has 29 heavy (non-hydrogen) atoms. The summed E-state index contributed by atoms with van der Waals surface area (Å²) in [4.78, 5) is 23.6. The van der Waals surface area contributed by atoms with E-state index in [-0.39, 0.29) is 30.9 Å². The average Bonchev–Trinajstić information content (AvgIpc) is 3.25. The van der Waals surface area contributed by atoms with Gasteiger partial charge in [-0.25, -0.2) is 0 Å². The molecule has 0 N–H and O–H groups in total. The summed E-state index contributed by atoms with van der Waals surface area (Å²) in [6.07, 6.45) is 20.5. The summed E-state index contributed by atoms with van der Waals surface area (Å²) < 4.78 is 10.7. The number of hydrogen-bond donors (Lipinski definition) is 0. The van der Waals surface area contributed by atoms with E-state index in [1.54, 1.807) is 0 Å². The van der Waals surface area contributed by atoms with Crippen LogP contribution in [0, 0.1) is 5.92 Å². The van der Waals surface area contributed by atoms with Crippen LogP contribution in [0.25, 0.3) is 0 Å². The predicted molar refractivity (Wildman–Crippen MR) is 119 cm³/mol. The van der Waals surface area contributed by atoms with Gasteiger partial charge in [-0.3, -0.25) is 9.59 Å². The molecule has 1 aliphatic rings. The summed E-state index contributed by atoms with van der Waals surface area (Å²) in [6.45, 7) is 4.71. The molecule has 0 spiro atoms. The Hall–Kier alpha value is -1.06. The van der Waals surface area contributed by atoms with Crippen LogP contribution in [0.3, 0.4) is 0 Å². The molecule has 1 saturated carbocycles. The highest BCUT2D eigenvalue weighted by molar-refractivity contribution is 5.77. The standard InChI is InChI=1S/C25H46O4/c1-3-4-5-6-7-8-9-10-11-12-13-16-21-28-24(26)19-20-25(27)29-22(2)23-17-14-15-18-23/h22-23H,3-21H2,1-2H3. The summed E-state index contributed by atoms with van der Waals surface area (Å²) >= 11 is 0. The maximum Gasteiger partial charge on any atom is 0.306 e. The van der Waals surface area contributed by atoms with Crippen molar-refractivity contribution in [3.8, 4) is 0 Å².